The molecule has 1 aliphatic rings. The first-order valence-electron chi connectivity index (χ1n) is 6.47. The summed E-state index contributed by atoms with van der Waals surface area (Å²) >= 11 is 0. The number of rotatable bonds is 5. The Balaban J connectivity index is 2.04. The lowest BCUT2D eigenvalue weighted by Gasteiger charge is -2.24. The minimum atomic E-state index is 0.248. The molecule has 0 aromatic heterocycles. The molecule has 2 N–H and O–H groups in total. The van der Waals surface area contributed by atoms with Crippen molar-refractivity contribution in [2.45, 2.75) is 65.0 Å². The maximum Gasteiger partial charge on any atom is 0.00970 e. The average Bonchev–Trinajstić information content (AvgIpc) is 2.63. The van der Waals surface area contributed by atoms with Crippen molar-refractivity contribution in [3.63, 3.8) is 0 Å². The molecule has 1 atom stereocenters. The molecule has 0 aliphatic heterocycles. The van der Waals surface area contributed by atoms with Gasteiger partial charge in [0.2, 0.25) is 0 Å². The maximum absolute atomic E-state index is 3.63. The van der Waals surface area contributed by atoms with E-state index in [1.807, 2.05) is 0 Å². The molecule has 0 heterocycles. The fraction of sp³-hybridized carbons (Fsp3) is 1.00. The molecule has 2 nitrogen and oxygen atoms in total. The summed E-state index contributed by atoms with van der Waals surface area (Å²) in [6, 6.07) is 0.703. The Morgan fingerprint density at radius 2 is 1.73 bits per heavy atom. The van der Waals surface area contributed by atoms with Crippen LogP contribution in [0.4, 0.5) is 0 Å². The van der Waals surface area contributed by atoms with Gasteiger partial charge in [-0.05, 0) is 46.5 Å². The first kappa shape index (κ1) is 13.0. The summed E-state index contributed by atoms with van der Waals surface area (Å²) in [7, 11) is 0. The van der Waals surface area contributed by atoms with Crippen LogP contribution in [0, 0.1) is 5.92 Å². The van der Waals surface area contributed by atoms with Crippen molar-refractivity contribution >= 4 is 0 Å². The third kappa shape index (κ3) is 5.53. The first-order valence-corrected chi connectivity index (χ1v) is 6.47. The second-order valence-corrected chi connectivity index (χ2v) is 5.96. The summed E-state index contributed by atoms with van der Waals surface area (Å²) in [6.45, 7) is 11.1. The van der Waals surface area contributed by atoms with Gasteiger partial charge < -0.3 is 10.6 Å². The largest absolute Gasteiger partial charge is 0.313 e. The van der Waals surface area contributed by atoms with E-state index in [1.165, 1.54) is 25.7 Å². The third-order valence-electron chi connectivity index (χ3n) is 3.35. The normalized spacial score (nSPS) is 20.8. The van der Waals surface area contributed by atoms with Crippen LogP contribution in [0.25, 0.3) is 0 Å². The molecule has 1 rings (SSSR count). The fourth-order valence-corrected chi connectivity index (χ4v) is 2.36. The Bertz CT molecular complexity index is 166. The van der Waals surface area contributed by atoms with Gasteiger partial charge in [-0.1, -0.05) is 12.8 Å². The minimum Gasteiger partial charge on any atom is -0.313 e. The molecule has 0 bridgehead atoms. The molecule has 0 radical (unpaired) electrons. The van der Waals surface area contributed by atoms with Crippen LogP contribution in [-0.4, -0.2) is 24.7 Å². The summed E-state index contributed by atoms with van der Waals surface area (Å²) in [5, 5.41) is 7.14. The van der Waals surface area contributed by atoms with Crippen LogP contribution in [0.3, 0.4) is 0 Å². The zero-order valence-electron chi connectivity index (χ0n) is 10.9. The lowest BCUT2D eigenvalue weighted by molar-refractivity contribution is 0.363. The second kappa shape index (κ2) is 5.86. The SMILES string of the molecule is C[C@@H](NCCNC(C)(C)C)C1CCCC1. The third-order valence-corrected chi connectivity index (χ3v) is 3.35. The quantitative estimate of drug-likeness (QED) is 0.684. The molecule has 2 heteroatoms. The Labute approximate surface area is 95.2 Å². The van der Waals surface area contributed by atoms with Crippen LogP contribution in [0.5, 0.6) is 0 Å². The molecule has 0 amide bonds. The lowest BCUT2D eigenvalue weighted by atomic mass is 10.00. The van der Waals surface area contributed by atoms with Crippen LogP contribution >= 0.6 is 0 Å². The molecule has 0 spiro atoms. The van der Waals surface area contributed by atoms with E-state index in [0.717, 1.165) is 19.0 Å². The summed E-state index contributed by atoms with van der Waals surface area (Å²) in [5.41, 5.74) is 0.248. The number of hydrogen-bond acceptors (Lipinski definition) is 2. The van der Waals surface area contributed by atoms with Crippen molar-refractivity contribution in [2.75, 3.05) is 13.1 Å². The van der Waals surface area contributed by atoms with Gasteiger partial charge in [0.25, 0.3) is 0 Å². The predicted octanol–water partition coefficient (Wildman–Crippen LogP) is 2.54. The van der Waals surface area contributed by atoms with Gasteiger partial charge >= 0.3 is 0 Å². The van der Waals surface area contributed by atoms with E-state index in [-0.39, 0.29) is 5.54 Å². The van der Waals surface area contributed by atoms with Crippen molar-refractivity contribution < 1.29 is 0 Å². The van der Waals surface area contributed by atoms with E-state index in [9.17, 15) is 0 Å². The highest BCUT2D eigenvalue weighted by molar-refractivity contribution is 4.78. The predicted molar refractivity (Wildman–Crippen MR) is 67.2 cm³/mol. The summed E-state index contributed by atoms with van der Waals surface area (Å²) in [4.78, 5) is 0. The van der Waals surface area contributed by atoms with E-state index in [0.29, 0.717) is 6.04 Å². The molecule has 0 aromatic rings. The van der Waals surface area contributed by atoms with E-state index in [4.69, 9.17) is 0 Å². The van der Waals surface area contributed by atoms with Gasteiger partial charge in [-0.15, -0.1) is 0 Å². The molecule has 15 heavy (non-hydrogen) atoms. The molecule has 0 aromatic carbocycles. The highest BCUT2D eigenvalue weighted by Crippen LogP contribution is 2.27. The van der Waals surface area contributed by atoms with Crippen molar-refractivity contribution in [1.82, 2.24) is 10.6 Å². The van der Waals surface area contributed by atoms with E-state index in [1.54, 1.807) is 0 Å². The molecular weight excluding hydrogens is 184 g/mol. The Morgan fingerprint density at radius 3 is 2.27 bits per heavy atom. The topological polar surface area (TPSA) is 24.1 Å². The minimum absolute atomic E-state index is 0.248. The van der Waals surface area contributed by atoms with Crippen LogP contribution in [-0.2, 0) is 0 Å². The average molecular weight is 212 g/mol. The van der Waals surface area contributed by atoms with E-state index >= 15 is 0 Å². The van der Waals surface area contributed by atoms with Crippen LogP contribution in [0.1, 0.15) is 53.4 Å². The fourth-order valence-electron chi connectivity index (χ4n) is 2.36. The van der Waals surface area contributed by atoms with E-state index in [2.05, 4.69) is 38.3 Å². The van der Waals surface area contributed by atoms with Gasteiger partial charge in [0.1, 0.15) is 0 Å². The summed E-state index contributed by atoms with van der Waals surface area (Å²) < 4.78 is 0. The van der Waals surface area contributed by atoms with E-state index < -0.39 is 0 Å². The van der Waals surface area contributed by atoms with Gasteiger partial charge in [-0.25, -0.2) is 0 Å². The standard InChI is InChI=1S/C13H28N2/c1-11(12-7-5-6-8-12)14-9-10-15-13(2,3)4/h11-12,14-15H,5-10H2,1-4H3/t11-/m1/s1. The molecule has 0 unspecified atom stereocenters. The van der Waals surface area contributed by atoms with Gasteiger partial charge in [0, 0.05) is 24.7 Å². The molecule has 0 saturated heterocycles. The highest BCUT2D eigenvalue weighted by atomic mass is 15.0. The maximum atomic E-state index is 3.63. The Kier molecular flexibility index (Phi) is 5.07. The van der Waals surface area contributed by atoms with Gasteiger partial charge in [-0.3, -0.25) is 0 Å². The Hall–Kier alpha value is -0.0800. The highest BCUT2D eigenvalue weighted by Gasteiger charge is 2.20. The molecule has 90 valence electrons. The summed E-state index contributed by atoms with van der Waals surface area (Å²) in [5.74, 6) is 0.930. The van der Waals surface area contributed by atoms with Crippen molar-refractivity contribution in [2.24, 2.45) is 5.92 Å². The smallest absolute Gasteiger partial charge is 0.00970 e. The Morgan fingerprint density at radius 1 is 1.13 bits per heavy atom. The van der Waals surface area contributed by atoms with Crippen LogP contribution in [0.2, 0.25) is 0 Å². The van der Waals surface area contributed by atoms with Crippen LogP contribution < -0.4 is 10.6 Å². The van der Waals surface area contributed by atoms with Crippen molar-refractivity contribution in [3.8, 4) is 0 Å². The van der Waals surface area contributed by atoms with Crippen molar-refractivity contribution in [1.29, 1.82) is 0 Å². The van der Waals surface area contributed by atoms with Crippen LogP contribution in [0.15, 0.2) is 0 Å². The summed E-state index contributed by atoms with van der Waals surface area (Å²) in [6.07, 6.45) is 5.75. The van der Waals surface area contributed by atoms with Gasteiger partial charge in [0.15, 0.2) is 0 Å². The van der Waals surface area contributed by atoms with Gasteiger partial charge in [0.05, 0.1) is 0 Å². The zero-order chi connectivity index (χ0) is 11.3. The molecular formula is C13H28N2. The number of hydrogen-bond donors (Lipinski definition) is 2. The molecule has 1 aliphatic carbocycles. The van der Waals surface area contributed by atoms with Gasteiger partial charge in [-0.2, -0.15) is 0 Å². The first-order chi connectivity index (χ1) is 6.99. The zero-order valence-corrected chi connectivity index (χ0v) is 10.9. The van der Waals surface area contributed by atoms with Crippen molar-refractivity contribution in [3.05, 3.63) is 0 Å². The second-order valence-electron chi connectivity index (χ2n) is 5.96. The molecule has 1 saturated carbocycles. The monoisotopic (exact) mass is 212 g/mol. The lowest BCUT2D eigenvalue weighted by Crippen LogP contribution is -2.43. The number of nitrogens with one attached hydrogen (secondary N) is 2. The molecule has 1 fully saturated rings.